The Balaban J connectivity index is 2.04. The molecule has 1 aliphatic heterocycles. The summed E-state index contributed by atoms with van der Waals surface area (Å²) in [5.41, 5.74) is 0.549. The van der Waals surface area contributed by atoms with Crippen LogP contribution in [0.25, 0.3) is 6.08 Å². The van der Waals surface area contributed by atoms with Gasteiger partial charge in [-0.05, 0) is 52.3 Å². The van der Waals surface area contributed by atoms with Gasteiger partial charge in [-0.1, -0.05) is 0 Å². The highest BCUT2D eigenvalue weighted by Gasteiger charge is 2.37. The highest BCUT2D eigenvalue weighted by molar-refractivity contribution is 9.10. The first-order chi connectivity index (χ1) is 13.9. The van der Waals surface area contributed by atoms with Gasteiger partial charge in [0.25, 0.3) is 11.8 Å². The molecule has 29 heavy (non-hydrogen) atoms. The fraction of sp³-hybridized carbons (Fsp3) is 0.150. The third-order valence-electron chi connectivity index (χ3n) is 4.24. The normalized spacial score (nSPS) is 15.4. The molecule has 0 aliphatic carbocycles. The van der Waals surface area contributed by atoms with Crippen molar-refractivity contribution in [3.05, 3.63) is 52.0 Å². The summed E-state index contributed by atoms with van der Waals surface area (Å²) >= 11 is 3.37. The van der Waals surface area contributed by atoms with E-state index in [-0.39, 0.29) is 5.57 Å². The Morgan fingerprint density at radius 3 is 2.17 bits per heavy atom. The Morgan fingerprint density at radius 1 is 0.931 bits per heavy atom. The summed E-state index contributed by atoms with van der Waals surface area (Å²) < 4.78 is 16.3. The lowest BCUT2D eigenvalue weighted by molar-refractivity contribution is -0.122. The van der Waals surface area contributed by atoms with E-state index < -0.39 is 17.8 Å². The number of halogens is 1. The number of imide groups is 2. The van der Waals surface area contributed by atoms with Gasteiger partial charge in [0.15, 0.2) is 0 Å². The fourth-order valence-electron chi connectivity index (χ4n) is 2.77. The van der Waals surface area contributed by atoms with E-state index in [0.29, 0.717) is 33.0 Å². The molecule has 0 bridgehead atoms. The molecule has 1 fully saturated rings. The number of nitrogens with one attached hydrogen (secondary N) is 1. The molecular formula is C20H17BrN2O6. The van der Waals surface area contributed by atoms with Crippen molar-refractivity contribution in [3.8, 4) is 17.2 Å². The molecule has 0 unspecified atom stereocenters. The summed E-state index contributed by atoms with van der Waals surface area (Å²) in [5.74, 6) is -0.0561. The number of carbonyl (C=O) groups is 3. The highest BCUT2D eigenvalue weighted by atomic mass is 79.9. The Hall–Kier alpha value is -3.33. The number of amides is 4. The van der Waals surface area contributed by atoms with Crippen LogP contribution in [0.2, 0.25) is 0 Å². The van der Waals surface area contributed by atoms with Crippen LogP contribution in [0.4, 0.5) is 10.5 Å². The molecule has 0 spiro atoms. The van der Waals surface area contributed by atoms with Crippen molar-refractivity contribution >= 4 is 45.5 Å². The smallest absolute Gasteiger partial charge is 0.335 e. The van der Waals surface area contributed by atoms with Gasteiger partial charge in [-0.25, -0.2) is 9.69 Å². The van der Waals surface area contributed by atoms with Gasteiger partial charge in [-0.15, -0.1) is 0 Å². The van der Waals surface area contributed by atoms with Crippen LogP contribution < -0.4 is 24.4 Å². The van der Waals surface area contributed by atoms with Gasteiger partial charge in [-0.3, -0.25) is 14.9 Å². The van der Waals surface area contributed by atoms with E-state index in [2.05, 4.69) is 21.2 Å². The first kappa shape index (κ1) is 20.4. The number of nitrogens with zero attached hydrogens (tertiary/aromatic N) is 1. The number of methoxy groups -OCH3 is 3. The van der Waals surface area contributed by atoms with E-state index in [0.717, 1.165) is 4.90 Å². The van der Waals surface area contributed by atoms with E-state index in [9.17, 15) is 14.4 Å². The molecule has 8 nitrogen and oxygen atoms in total. The predicted octanol–water partition coefficient (Wildman–Crippen LogP) is 3.14. The van der Waals surface area contributed by atoms with E-state index in [4.69, 9.17) is 14.2 Å². The second-order valence-electron chi connectivity index (χ2n) is 5.88. The molecule has 4 amide bonds. The average Bonchev–Trinajstić information content (AvgIpc) is 2.71. The zero-order chi connectivity index (χ0) is 21.1. The maximum Gasteiger partial charge on any atom is 0.335 e. The summed E-state index contributed by atoms with van der Waals surface area (Å²) in [6.45, 7) is 0. The zero-order valence-corrected chi connectivity index (χ0v) is 17.4. The van der Waals surface area contributed by atoms with Crippen molar-refractivity contribution in [2.24, 2.45) is 0 Å². The fourth-order valence-corrected chi connectivity index (χ4v) is 3.30. The standard InChI is InChI=1S/C20H17BrN2O6/c1-27-13-6-4-12(5-7-13)23-19(25)14(18(24)22-20(23)26)8-11-9-15(21)17(29-3)10-16(11)28-2/h4-10H,1-3H3,(H,22,24,26). The Labute approximate surface area is 175 Å². The maximum absolute atomic E-state index is 13.0. The molecular weight excluding hydrogens is 444 g/mol. The topological polar surface area (TPSA) is 94.2 Å². The molecule has 1 N–H and O–H groups in total. The Bertz CT molecular complexity index is 1020. The molecule has 0 atom stereocenters. The van der Waals surface area contributed by atoms with Crippen LogP contribution in [0, 0.1) is 0 Å². The SMILES string of the molecule is COc1ccc(N2C(=O)NC(=O)C(=Cc3cc(Br)c(OC)cc3OC)C2=O)cc1. The van der Waals surface area contributed by atoms with Gasteiger partial charge in [0.2, 0.25) is 0 Å². The minimum Gasteiger partial charge on any atom is -0.497 e. The Kier molecular flexibility index (Phi) is 5.88. The zero-order valence-electron chi connectivity index (χ0n) is 15.8. The van der Waals surface area contributed by atoms with Gasteiger partial charge in [0, 0.05) is 11.6 Å². The van der Waals surface area contributed by atoms with Crippen molar-refractivity contribution in [2.75, 3.05) is 26.2 Å². The van der Waals surface area contributed by atoms with E-state index in [1.165, 1.54) is 27.4 Å². The number of carbonyl (C=O) groups excluding carboxylic acids is 3. The number of hydrogen-bond acceptors (Lipinski definition) is 6. The number of rotatable bonds is 5. The lowest BCUT2D eigenvalue weighted by atomic mass is 10.1. The predicted molar refractivity (Wildman–Crippen MR) is 109 cm³/mol. The van der Waals surface area contributed by atoms with Crippen LogP contribution in [-0.2, 0) is 9.59 Å². The molecule has 1 heterocycles. The summed E-state index contributed by atoms with van der Waals surface area (Å²) in [6.07, 6.45) is 1.36. The summed E-state index contributed by atoms with van der Waals surface area (Å²) in [7, 11) is 4.47. The number of barbiturate groups is 1. The van der Waals surface area contributed by atoms with Gasteiger partial charge < -0.3 is 14.2 Å². The van der Waals surface area contributed by atoms with E-state index >= 15 is 0 Å². The first-order valence-corrected chi connectivity index (χ1v) is 9.16. The lowest BCUT2D eigenvalue weighted by Gasteiger charge is -2.26. The Morgan fingerprint density at radius 2 is 1.59 bits per heavy atom. The minimum absolute atomic E-state index is 0.212. The van der Waals surface area contributed by atoms with Crippen LogP contribution in [0.5, 0.6) is 17.2 Å². The molecule has 1 saturated heterocycles. The molecule has 3 rings (SSSR count). The third-order valence-corrected chi connectivity index (χ3v) is 4.86. The number of urea groups is 1. The second kappa shape index (κ2) is 8.36. The van der Waals surface area contributed by atoms with Crippen LogP contribution in [0.15, 0.2) is 46.4 Å². The molecule has 9 heteroatoms. The average molecular weight is 461 g/mol. The van der Waals surface area contributed by atoms with Crippen LogP contribution in [-0.4, -0.2) is 39.2 Å². The van der Waals surface area contributed by atoms with E-state index in [1.54, 1.807) is 36.4 Å². The van der Waals surface area contributed by atoms with Crippen molar-refractivity contribution in [1.82, 2.24) is 5.32 Å². The number of anilines is 1. The molecule has 0 saturated carbocycles. The summed E-state index contributed by atoms with van der Waals surface area (Å²) in [6, 6.07) is 8.76. The van der Waals surface area contributed by atoms with Crippen molar-refractivity contribution < 1.29 is 28.6 Å². The molecule has 1 aliphatic rings. The van der Waals surface area contributed by atoms with Crippen molar-refractivity contribution in [2.45, 2.75) is 0 Å². The molecule has 2 aromatic rings. The maximum atomic E-state index is 13.0. The molecule has 0 aromatic heterocycles. The van der Waals surface area contributed by atoms with Gasteiger partial charge in [0.05, 0.1) is 31.5 Å². The van der Waals surface area contributed by atoms with Crippen LogP contribution >= 0.6 is 15.9 Å². The molecule has 0 radical (unpaired) electrons. The van der Waals surface area contributed by atoms with Crippen molar-refractivity contribution in [3.63, 3.8) is 0 Å². The van der Waals surface area contributed by atoms with Gasteiger partial charge in [0.1, 0.15) is 22.8 Å². The van der Waals surface area contributed by atoms with E-state index in [1.807, 2.05) is 0 Å². The van der Waals surface area contributed by atoms with Crippen LogP contribution in [0.3, 0.4) is 0 Å². The number of hydrogen-bond donors (Lipinski definition) is 1. The second-order valence-corrected chi connectivity index (χ2v) is 6.74. The van der Waals surface area contributed by atoms with Crippen molar-refractivity contribution in [1.29, 1.82) is 0 Å². The van der Waals surface area contributed by atoms with Gasteiger partial charge in [-0.2, -0.15) is 0 Å². The largest absolute Gasteiger partial charge is 0.497 e. The monoisotopic (exact) mass is 460 g/mol. The third kappa shape index (κ3) is 3.95. The quantitative estimate of drug-likeness (QED) is 0.543. The first-order valence-electron chi connectivity index (χ1n) is 8.36. The van der Waals surface area contributed by atoms with Gasteiger partial charge >= 0.3 is 6.03 Å². The highest BCUT2D eigenvalue weighted by Crippen LogP contribution is 2.34. The lowest BCUT2D eigenvalue weighted by Crippen LogP contribution is -2.54. The molecule has 2 aromatic carbocycles. The molecule has 150 valence electrons. The number of ether oxygens (including phenoxy) is 3. The summed E-state index contributed by atoms with van der Waals surface area (Å²) in [5, 5.41) is 2.18. The number of benzene rings is 2. The minimum atomic E-state index is -0.829. The summed E-state index contributed by atoms with van der Waals surface area (Å²) in [4.78, 5) is 38.5. The van der Waals surface area contributed by atoms with Crippen LogP contribution in [0.1, 0.15) is 5.56 Å².